The summed E-state index contributed by atoms with van der Waals surface area (Å²) in [6.45, 7) is 7.42. The number of carbonyl (C=O) groups is 3. The number of unbranched alkanes of at least 4 members (excludes halogenated alkanes) is 4. The average molecular weight is 301 g/mol. The van der Waals surface area contributed by atoms with Gasteiger partial charge in [0, 0.05) is 11.8 Å². The van der Waals surface area contributed by atoms with E-state index in [-0.39, 0.29) is 5.91 Å². The monoisotopic (exact) mass is 301 g/mol. The number of nitrogens with two attached hydrogens (primary N) is 1. The van der Waals surface area contributed by atoms with Crippen molar-refractivity contribution in [2.24, 2.45) is 11.1 Å². The van der Waals surface area contributed by atoms with Gasteiger partial charge in [-0.05, 0) is 12.8 Å². The molecule has 0 rings (SSSR count). The van der Waals surface area contributed by atoms with Gasteiger partial charge < -0.3 is 10.8 Å². The zero-order valence-electron chi connectivity index (χ0n) is 13.9. The Balaban J connectivity index is 0. The maximum absolute atomic E-state index is 11.0. The number of carbonyl (C=O) groups excluding carboxylic acids is 2. The summed E-state index contributed by atoms with van der Waals surface area (Å²) >= 11 is 0. The number of carboxylic acid groups (broad SMARTS) is 1. The Morgan fingerprint density at radius 1 is 0.952 bits per heavy atom. The van der Waals surface area contributed by atoms with E-state index in [4.69, 9.17) is 10.8 Å². The van der Waals surface area contributed by atoms with E-state index in [0.717, 1.165) is 19.3 Å². The van der Waals surface area contributed by atoms with Crippen LogP contribution >= 0.6 is 0 Å². The van der Waals surface area contributed by atoms with Crippen molar-refractivity contribution in [2.75, 3.05) is 0 Å². The number of rotatable bonds is 10. The molecular formula is C16H31NO4. The molecule has 0 atom stereocenters. The Labute approximate surface area is 128 Å². The van der Waals surface area contributed by atoms with E-state index < -0.39 is 17.2 Å². The van der Waals surface area contributed by atoms with Crippen LogP contribution < -0.4 is 5.73 Å². The predicted octanol–water partition coefficient (Wildman–Crippen LogP) is 3.30. The summed E-state index contributed by atoms with van der Waals surface area (Å²) in [6, 6.07) is 0. The fraction of sp³-hybridized carbons (Fsp3) is 0.812. The Morgan fingerprint density at radius 3 is 1.86 bits per heavy atom. The maximum Gasteiger partial charge on any atom is 0.372 e. The van der Waals surface area contributed by atoms with Crippen LogP contribution in [-0.2, 0) is 14.4 Å². The molecule has 0 saturated carbocycles. The van der Waals surface area contributed by atoms with Crippen LogP contribution in [0.25, 0.3) is 0 Å². The standard InChI is InChI=1S/C8H17NO.C8H14O3/c1-2-3-4-5-6-7-8(9)10;1-4-5-8(2,3)6(9)7(10)11/h2-7H2,1H3,(H2,9,10);4-5H2,1-3H3,(H,10,11). The first-order chi connectivity index (χ1) is 9.68. The molecule has 0 aromatic rings. The van der Waals surface area contributed by atoms with Crippen LogP contribution in [0.3, 0.4) is 0 Å². The highest BCUT2D eigenvalue weighted by Crippen LogP contribution is 2.23. The van der Waals surface area contributed by atoms with E-state index in [1.165, 1.54) is 19.3 Å². The first-order valence-electron chi connectivity index (χ1n) is 7.75. The molecule has 0 aliphatic carbocycles. The third-order valence-electron chi connectivity index (χ3n) is 3.21. The molecule has 0 aromatic carbocycles. The molecule has 0 fully saturated rings. The van der Waals surface area contributed by atoms with E-state index in [1.807, 2.05) is 6.92 Å². The second kappa shape index (κ2) is 12.4. The average Bonchev–Trinajstić information content (AvgIpc) is 2.37. The highest BCUT2D eigenvalue weighted by atomic mass is 16.4. The lowest BCUT2D eigenvalue weighted by molar-refractivity contribution is -0.153. The quantitative estimate of drug-likeness (QED) is 0.478. The molecule has 0 aromatic heterocycles. The third kappa shape index (κ3) is 13.4. The Hall–Kier alpha value is -1.39. The van der Waals surface area contributed by atoms with Crippen LogP contribution in [0.5, 0.6) is 0 Å². The van der Waals surface area contributed by atoms with Gasteiger partial charge in [-0.3, -0.25) is 9.59 Å². The number of aliphatic carboxylic acids is 1. The van der Waals surface area contributed by atoms with Crippen LogP contribution in [0.2, 0.25) is 0 Å². The van der Waals surface area contributed by atoms with Crippen LogP contribution in [-0.4, -0.2) is 22.8 Å². The molecule has 5 nitrogen and oxygen atoms in total. The summed E-state index contributed by atoms with van der Waals surface area (Å²) < 4.78 is 0. The molecule has 21 heavy (non-hydrogen) atoms. The second-order valence-corrected chi connectivity index (χ2v) is 5.90. The topological polar surface area (TPSA) is 97.5 Å². The van der Waals surface area contributed by atoms with Gasteiger partial charge in [-0.1, -0.05) is 59.8 Å². The first-order valence-corrected chi connectivity index (χ1v) is 7.75. The van der Waals surface area contributed by atoms with Crippen LogP contribution in [0.15, 0.2) is 0 Å². The predicted molar refractivity (Wildman–Crippen MR) is 83.9 cm³/mol. The summed E-state index contributed by atoms with van der Waals surface area (Å²) in [5, 5.41) is 8.39. The summed E-state index contributed by atoms with van der Waals surface area (Å²) in [4.78, 5) is 31.5. The zero-order chi connectivity index (χ0) is 16.9. The minimum Gasteiger partial charge on any atom is -0.475 e. The molecule has 3 N–H and O–H groups in total. The minimum atomic E-state index is -1.33. The number of carboxylic acids is 1. The molecule has 5 heteroatoms. The number of hydrogen-bond acceptors (Lipinski definition) is 3. The largest absolute Gasteiger partial charge is 0.475 e. The summed E-state index contributed by atoms with van der Waals surface area (Å²) in [6.07, 6.45) is 7.89. The van der Waals surface area contributed by atoms with Gasteiger partial charge in [0.25, 0.3) is 0 Å². The van der Waals surface area contributed by atoms with Crippen LogP contribution in [0, 0.1) is 5.41 Å². The van der Waals surface area contributed by atoms with E-state index in [2.05, 4.69) is 6.92 Å². The van der Waals surface area contributed by atoms with Crippen molar-refractivity contribution in [1.29, 1.82) is 0 Å². The van der Waals surface area contributed by atoms with Crippen molar-refractivity contribution < 1.29 is 19.5 Å². The van der Waals surface area contributed by atoms with Gasteiger partial charge >= 0.3 is 5.97 Å². The molecule has 0 spiro atoms. The minimum absolute atomic E-state index is 0.170. The van der Waals surface area contributed by atoms with Crippen molar-refractivity contribution in [3.63, 3.8) is 0 Å². The Bertz CT molecular complexity index is 324. The first kappa shape index (κ1) is 21.9. The van der Waals surface area contributed by atoms with Crippen LogP contribution in [0.4, 0.5) is 0 Å². The Kier molecular flexibility index (Phi) is 12.9. The fourth-order valence-electron chi connectivity index (χ4n) is 1.93. The van der Waals surface area contributed by atoms with E-state index in [9.17, 15) is 14.4 Å². The molecule has 0 radical (unpaired) electrons. The van der Waals surface area contributed by atoms with Crippen molar-refractivity contribution in [3.8, 4) is 0 Å². The van der Waals surface area contributed by atoms with Crippen molar-refractivity contribution in [1.82, 2.24) is 0 Å². The lowest BCUT2D eigenvalue weighted by atomic mass is 9.83. The van der Waals surface area contributed by atoms with Crippen molar-refractivity contribution in [2.45, 2.75) is 79.1 Å². The van der Waals surface area contributed by atoms with Gasteiger partial charge in [0.1, 0.15) is 0 Å². The number of amides is 1. The summed E-state index contributed by atoms with van der Waals surface area (Å²) in [5.41, 5.74) is 4.26. The lowest BCUT2D eigenvalue weighted by Crippen LogP contribution is -2.30. The van der Waals surface area contributed by atoms with Crippen molar-refractivity contribution >= 4 is 17.7 Å². The number of primary amides is 1. The second-order valence-electron chi connectivity index (χ2n) is 5.90. The molecule has 0 aliphatic heterocycles. The van der Waals surface area contributed by atoms with Gasteiger partial charge in [0.2, 0.25) is 11.7 Å². The van der Waals surface area contributed by atoms with E-state index >= 15 is 0 Å². The van der Waals surface area contributed by atoms with Gasteiger partial charge in [-0.25, -0.2) is 4.79 Å². The lowest BCUT2D eigenvalue weighted by Gasteiger charge is -2.18. The molecule has 0 bridgehead atoms. The molecule has 0 saturated heterocycles. The highest BCUT2D eigenvalue weighted by Gasteiger charge is 2.31. The van der Waals surface area contributed by atoms with Crippen molar-refractivity contribution in [3.05, 3.63) is 0 Å². The Morgan fingerprint density at radius 2 is 1.48 bits per heavy atom. The van der Waals surface area contributed by atoms with Gasteiger partial charge in [-0.15, -0.1) is 0 Å². The maximum atomic E-state index is 11.0. The molecule has 1 amide bonds. The smallest absolute Gasteiger partial charge is 0.372 e. The van der Waals surface area contributed by atoms with Gasteiger partial charge in [-0.2, -0.15) is 0 Å². The van der Waals surface area contributed by atoms with E-state index in [0.29, 0.717) is 12.8 Å². The SMILES string of the molecule is CCCC(C)(C)C(=O)C(=O)O.CCCCCCCC(N)=O. The number of ketones is 1. The van der Waals surface area contributed by atoms with Crippen LogP contribution in [0.1, 0.15) is 79.1 Å². The molecular weight excluding hydrogens is 270 g/mol. The molecule has 0 aliphatic rings. The van der Waals surface area contributed by atoms with Gasteiger partial charge in [0.05, 0.1) is 0 Å². The third-order valence-corrected chi connectivity index (χ3v) is 3.21. The fourth-order valence-corrected chi connectivity index (χ4v) is 1.93. The molecule has 124 valence electrons. The zero-order valence-corrected chi connectivity index (χ0v) is 13.9. The van der Waals surface area contributed by atoms with Gasteiger partial charge in [0.15, 0.2) is 0 Å². The number of Topliss-reactive ketones (excluding diaryl/α,β-unsaturated/α-hetero) is 1. The van der Waals surface area contributed by atoms with E-state index in [1.54, 1.807) is 13.8 Å². The normalized spacial score (nSPS) is 10.5. The molecule has 0 heterocycles. The summed E-state index contributed by atoms with van der Waals surface area (Å²) in [5.74, 6) is -2.20. The highest BCUT2D eigenvalue weighted by molar-refractivity contribution is 6.34. The summed E-state index contributed by atoms with van der Waals surface area (Å²) in [7, 11) is 0. The number of hydrogen-bond donors (Lipinski definition) is 2. The molecule has 0 unspecified atom stereocenters.